The standard InChI is InChI=1S/C20H25Cl2N5O/c21-16-8-15-18(9-17(16)22)24-12-25-20(15)23-10-19(28)27-7-6-14(11-27)26-13-4-2-1-3-5-13/h8-9,12-14,26H,1-7,10-11H2,(H,23,24,25). The minimum Gasteiger partial charge on any atom is -0.360 e. The Hall–Kier alpha value is -1.63. The predicted molar refractivity (Wildman–Crippen MR) is 113 cm³/mol. The molecule has 0 spiro atoms. The van der Waals surface area contributed by atoms with Crippen molar-refractivity contribution in [2.45, 2.75) is 50.6 Å². The van der Waals surface area contributed by atoms with Crippen LogP contribution in [0.25, 0.3) is 10.9 Å². The molecular weight excluding hydrogens is 397 g/mol. The minimum atomic E-state index is 0.0831. The van der Waals surface area contributed by atoms with Crippen LogP contribution >= 0.6 is 23.2 Å². The molecule has 2 heterocycles. The quantitative estimate of drug-likeness (QED) is 0.766. The normalized spacial score (nSPS) is 20.6. The maximum absolute atomic E-state index is 12.7. The second kappa shape index (κ2) is 8.80. The number of hydrogen-bond donors (Lipinski definition) is 2. The summed E-state index contributed by atoms with van der Waals surface area (Å²) < 4.78 is 0. The lowest BCUT2D eigenvalue weighted by atomic mass is 9.95. The molecule has 150 valence electrons. The third kappa shape index (κ3) is 4.50. The molecule has 1 aromatic heterocycles. The Balaban J connectivity index is 1.33. The Bertz CT molecular complexity index is 856. The number of halogens is 2. The zero-order valence-corrected chi connectivity index (χ0v) is 17.3. The van der Waals surface area contributed by atoms with Gasteiger partial charge in [-0.2, -0.15) is 0 Å². The van der Waals surface area contributed by atoms with Gasteiger partial charge in [0.25, 0.3) is 0 Å². The van der Waals surface area contributed by atoms with E-state index < -0.39 is 0 Å². The Labute approximate surface area is 175 Å². The second-order valence-corrected chi connectivity index (χ2v) is 8.50. The number of nitrogens with zero attached hydrogens (tertiary/aromatic N) is 3. The zero-order chi connectivity index (χ0) is 19.5. The fraction of sp³-hybridized carbons (Fsp3) is 0.550. The summed E-state index contributed by atoms with van der Waals surface area (Å²) in [5.41, 5.74) is 0.692. The molecule has 1 unspecified atom stereocenters. The molecule has 2 fully saturated rings. The number of rotatable bonds is 5. The number of nitrogens with one attached hydrogen (secondary N) is 2. The molecule has 1 aliphatic carbocycles. The highest BCUT2D eigenvalue weighted by Gasteiger charge is 2.28. The molecule has 1 atom stereocenters. The molecule has 2 aromatic rings. The summed E-state index contributed by atoms with van der Waals surface area (Å²) in [5.74, 6) is 0.674. The van der Waals surface area contributed by atoms with Gasteiger partial charge in [0, 0.05) is 30.6 Å². The average molecular weight is 422 g/mol. The fourth-order valence-electron chi connectivity index (χ4n) is 4.19. The number of anilines is 1. The minimum absolute atomic E-state index is 0.0831. The van der Waals surface area contributed by atoms with Crippen LogP contribution in [-0.4, -0.2) is 52.5 Å². The van der Waals surface area contributed by atoms with Crippen LogP contribution in [-0.2, 0) is 4.79 Å². The highest BCUT2D eigenvalue weighted by Crippen LogP contribution is 2.29. The number of amides is 1. The number of fused-ring (bicyclic) bond motifs is 1. The smallest absolute Gasteiger partial charge is 0.241 e. The number of carbonyl (C=O) groups excluding carboxylic acids is 1. The molecule has 6 nitrogen and oxygen atoms in total. The van der Waals surface area contributed by atoms with E-state index in [0.717, 1.165) is 24.9 Å². The first-order valence-corrected chi connectivity index (χ1v) is 10.7. The van der Waals surface area contributed by atoms with Crippen molar-refractivity contribution < 1.29 is 4.79 Å². The van der Waals surface area contributed by atoms with Crippen molar-refractivity contribution >= 4 is 45.8 Å². The van der Waals surface area contributed by atoms with E-state index in [-0.39, 0.29) is 12.5 Å². The van der Waals surface area contributed by atoms with Crippen molar-refractivity contribution in [3.05, 3.63) is 28.5 Å². The van der Waals surface area contributed by atoms with Crippen molar-refractivity contribution in [3.8, 4) is 0 Å². The van der Waals surface area contributed by atoms with Gasteiger partial charge in [0.15, 0.2) is 0 Å². The average Bonchev–Trinajstić information content (AvgIpc) is 3.16. The van der Waals surface area contributed by atoms with Gasteiger partial charge in [0.05, 0.1) is 22.1 Å². The highest BCUT2D eigenvalue weighted by molar-refractivity contribution is 6.42. The molecule has 28 heavy (non-hydrogen) atoms. The van der Waals surface area contributed by atoms with E-state index in [2.05, 4.69) is 20.6 Å². The van der Waals surface area contributed by atoms with Crippen LogP contribution in [0.1, 0.15) is 38.5 Å². The van der Waals surface area contributed by atoms with E-state index in [4.69, 9.17) is 23.2 Å². The Kier molecular flexibility index (Phi) is 6.19. The summed E-state index contributed by atoms with van der Waals surface area (Å²) in [6, 6.07) is 4.46. The van der Waals surface area contributed by atoms with E-state index in [1.807, 2.05) is 4.90 Å². The van der Waals surface area contributed by atoms with E-state index in [9.17, 15) is 4.79 Å². The van der Waals surface area contributed by atoms with Crippen LogP contribution in [0.4, 0.5) is 5.82 Å². The van der Waals surface area contributed by atoms with Crippen LogP contribution in [0.3, 0.4) is 0 Å². The molecular formula is C20H25Cl2N5O. The van der Waals surface area contributed by atoms with Gasteiger partial charge in [0.1, 0.15) is 12.1 Å². The summed E-state index contributed by atoms with van der Waals surface area (Å²) in [4.78, 5) is 23.1. The highest BCUT2D eigenvalue weighted by atomic mass is 35.5. The van der Waals surface area contributed by atoms with Gasteiger partial charge >= 0.3 is 0 Å². The summed E-state index contributed by atoms with van der Waals surface area (Å²) in [7, 11) is 0. The molecule has 0 bridgehead atoms. The van der Waals surface area contributed by atoms with Gasteiger partial charge in [-0.25, -0.2) is 9.97 Å². The van der Waals surface area contributed by atoms with Crippen molar-refractivity contribution in [2.75, 3.05) is 25.0 Å². The van der Waals surface area contributed by atoms with E-state index >= 15 is 0 Å². The third-order valence-electron chi connectivity index (χ3n) is 5.70. The summed E-state index contributed by atoms with van der Waals surface area (Å²) in [6.45, 7) is 1.78. The lowest BCUT2D eigenvalue weighted by Crippen LogP contribution is -2.42. The largest absolute Gasteiger partial charge is 0.360 e. The molecule has 1 aliphatic heterocycles. The van der Waals surface area contributed by atoms with Gasteiger partial charge in [-0.1, -0.05) is 42.5 Å². The van der Waals surface area contributed by atoms with Crippen LogP contribution in [0.5, 0.6) is 0 Å². The third-order valence-corrected chi connectivity index (χ3v) is 6.42. The van der Waals surface area contributed by atoms with Gasteiger partial charge < -0.3 is 15.5 Å². The van der Waals surface area contributed by atoms with Crippen molar-refractivity contribution in [1.82, 2.24) is 20.2 Å². The van der Waals surface area contributed by atoms with Crippen LogP contribution < -0.4 is 10.6 Å². The SMILES string of the molecule is O=C(CNc1ncnc2cc(Cl)c(Cl)cc12)N1CCC(NC2CCCCC2)C1. The summed E-state index contributed by atoms with van der Waals surface area (Å²) in [5, 5.41) is 8.53. The number of carbonyl (C=O) groups is 1. The van der Waals surface area contributed by atoms with Crippen LogP contribution in [0, 0.1) is 0 Å². The Morgan fingerprint density at radius 2 is 1.86 bits per heavy atom. The molecule has 1 aromatic carbocycles. The molecule has 1 saturated carbocycles. The first kappa shape index (κ1) is 19.7. The topological polar surface area (TPSA) is 70.2 Å². The van der Waals surface area contributed by atoms with Crippen molar-refractivity contribution in [1.29, 1.82) is 0 Å². The molecule has 8 heteroatoms. The number of aromatic nitrogens is 2. The first-order valence-electron chi connectivity index (χ1n) is 9.97. The summed E-state index contributed by atoms with van der Waals surface area (Å²) >= 11 is 12.2. The van der Waals surface area contributed by atoms with Gasteiger partial charge in [-0.05, 0) is 31.4 Å². The Morgan fingerprint density at radius 3 is 2.68 bits per heavy atom. The fourth-order valence-corrected chi connectivity index (χ4v) is 4.51. The lowest BCUT2D eigenvalue weighted by Gasteiger charge is -2.26. The number of likely N-dealkylation sites (tertiary alicyclic amines) is 1. The molecule has 2 N–H and O–H groups in total. The van der Waals surface area contributed by atoms with E-state index in [0.29, 0.717) is 33.5 Å². The van der Waals surface area contributed by atoms with Crippen LogP contribution in [0.15, 0.2) is 18.5 Å². The molecule has 1 saturated heterocycles. The first-order chi connectivity index (χ1) is 13.6. The van der Waals surface area contributed by atoms with Gasteiger partial charge in [-0.15, -0.1) is 0 Å². The maximum atomic E-state index is 12.7. The maximum Gasteiger partial charge on any atom is 0.241 e. The monoisotopic (exact) mass is 421 g/mol. The number of hydrogen-bond acceptors (Lipinski definition) is 5. The predicted octanol–water partition coefficient (Wildman–Crippen LogP) is 3.87. The Morgan fingerprint density at radius 1 is 1.07 bits per heavy atom. The zero-order valence-electron chi connectivity index (χ0n) is 15.8. The molecule has 1 amide bonds. The molecule has 2 aliphatic rings. The number of benzene rings is 1. The second-order valence-electron chi connectivity index (χ2n) is 7.69. The van der Waals surface area contributed by atoms with Gasteiger partial charge in [0.2, 0.25) is 5.91 Å². The van der Waals surface area contributed by atoms with Crippen LogP contribution in [0.2, 0.25) is 10.0 Å². The van der Waals surface area contributed by atoms with E-state index in [1.54, 1.807) is 12.1 Å². The molecule has 4 rings (SSSR count). The lowest BCUT2D eigenvalue weighted by molar-refractivity contribution is -0.128. The van der Waals surface area contributed by atoms with E-state index in [1.165, 1.54) is 38.4 Å². The van der Waals surface area contributed by atoms with Crippen molar-refractivity contribution in [3.63, 3.8) is 0 Å². The molecule has 0 radical (unpaired) electrons. The van der Waals surface area contributed by atoms with Crippen molar-refractivity contribution in [2.24, 2.45) is 0 Å². The van der Waals surface area contributed by atoms with Gasteiger partial charge in [-0.3, -0.25) is 4.79 Å². The summed E-state index contributed by atoms with van der Waals surface area (Å²) in [6.07, 6.45) is 9.00.